The molecule has 0 heterocycles. The number of nitrogens with zero attached hydrogens (tertiary/aromatic N) is 1. The zero-order valence-electron chi connectivity index (χ0n) is 16.8. The van der Waals surface area contributed by atoms with Crippen LogP contribution in [0.1, 0.15) is 52.9 Å². The van der Waals surface area contributed by atoms with Gasteiger partial charge in [-0.3, -0.25) is 4.90 Å². The number of ether oxygens (including phenoxy) is 2. The van der Waals surface area contributed by atoms with Gasteiger partial charge in [0.2, 0.25) is 0 Å². The quantitative estimate of drug-likeness (QED) is 0.428. The normalized spacial score (nSPS) is 19.8. The van der Waals surface area contributed by atoms with Crippen LogP contribution in [-0.4, -0.2) is 62.2 Å². The minimum atomic E-state index is -0.400. The number of hydrogen-bond acceptors (Lipinski definition) is 4. The molecule has 1 rings (SSSR count). The van der Waals surface area contributed by atoms with Gasteiger partial charge < -0.3 is 14.6 Å². The molecule has 1 aliphatic carbocycles. The first kappa shape index (κ1) is 22.4. The second-order valence-electron chi connectivity index (χ2n) is 8.09. The maximum Gasteiger partial charge on any atom is 0.0786 e. The summed E-state index contributed by atoms with van der Waals surface area (Å²) in [5.41, 5.74) is 1.80. The molecular weight excluding hydrogens is 314 g/mol. The highest BCUT2D eigenvalue weighted by atomic mass is 16.5. The molecule has 0 aliphatic heterocycles. The fourth-order valence-electron chi connectivity index (χ4n) is 3.21. The lowest BCUT2D eigenvalue weighted by molar-refractivity contribution is -0.0187. The Hall–Kier alpha value is -0.680. The van der Waals surface area contributed by atoms with Crippen LogP contribution < -0.4 is 0 Å². The lowest BCUT2D eigenvalue weighted by Gasteiger charge is -2.30. The van der Waals surface area contributed by atoms with Gasteiger partial charge in [0.1, 0.15) is 0 Å². The highest BCUT2D eigenvalue weighted by molar-refractivity contribution is 5.14. The summed E-state index contributed by atoms with van der Waals surface area (Å²) in [6, 6.07) is 0. The van der Waals surface area contributed by atoms with Crippen LogP contribution in [0.15, 0.2) is 24.3 Å². The lowest BCUT2D eigenvalue weighted by Crippen LogP contribution is -2.31. The Labute approximate surface area is 154 Å². The summed E-state index contributed by atoms with van der Waals surface area (Å²) in [7, 11) is 1.73. The highest BCUT2D eigenvalue weighted by Crippen LogP contribution is 2.33. The van der Waals surface area contributed by atoms with Crippen molar-refractivity contribution in [3.63, 3.8) is 0 Å². The summed E-state index contributed by atoms with van der Waals surface area (Å²) in [6.45, 7) is 14.5. The van der Waals surface area contributed by atoms with Crippen molar-refractivity contribution in [3.05, 3.63) is 24.3 Å². The molecule has 1 N–H and O–H groups in total. The predicted octanol–water partition coefficient (Wildman–Crippen LogP) is 3.80. The predicted molar refractivity (Wildman–Crippen MR) is 105 cm³/mol. The fourth-order valence-corrected chi connectivity index (χ4v) is 3.21. The molecule has 25 heavy (non-hydrogen) atoms. The summed E-state index contributed by atoms with van der Waals surface area (Å²) in [5, 5.41) is 10.2. The van der Waals surface area contributed by atoms with Gasteiger partial charge in [-0.1, -0.05) is 38.5 Å². The summed E-state index contributed by atoms with van der Waals surface area (Å²) >= 11 is 0. The van der Waals surface area contributed by atoms with Crippen molar-refractivity contribution in [2.45, 2.75) is 65.1 Å². The minimum absolute atomic E-state index is 0.256. The Balaban J connectivity index is 2.24. The van der Waals surface area contributed by atoms with Crippen molar-refractivity contribution < 1.29 is 14.6 Å². The van der Waals surface area contributed by atoms with E-state index in [4.69, 9.17) is 9.47 Å². The van der Waals surface area contributed by atoms with E-state index in [-0.39, 0.29) is 11.5 Å². The van der Waals surface area contributed by atoms with Gasteiger partial charge >= 0.3 is 0 Å². The lowest BCUT2D eigenvalue weighted by atomic mass is 9.80. The van der Waals surface area contributed by atoms with Crippen LogP contribution >= 0.6 is 0 Å². The van der Waals surface area contributed by atoms with Gasteiger partial charge in [-0.15, -0.1) is 6.58 Å². The summed E-state index contributed by atoms with van der Waals surface area (Å²) in [6.07, 6.45) is 8.98. The third kappa shape index (κ3) is 9.55. The van der Waals surface area contributed by atoms with E-state index in [0.29, 0.717) is 6.61 Å². The Morgan fingerprint density at radius 2 is 2.16 bits per heavy atom. The number of hydrogen-bond donors (Lipinski definition) is 1. The maximum atomic E-state index is 10.2. The monoisotopic (exact) mass is 353 g/mol. The van der Waals surface area contributed by atoms with Gasteiger partial charge in [-0.25, -0.2) is 0 Å². The van der Waals surface area contributed by atoms with Gasteiger partial charge in [0.25, 0.3) is 0 Å². The maximum absolute atomic E-state index is 10.2. The molecule has 2 unspecified atom stereocenters. The van der Waals surface area contributed by atoms with Crippen molar-refractivity contribution in [2.75, 3.05) is 40.0 Å². The molecule has 2 atom stereocenters. The third-order valence-electron chi connectivity index (χ3n) is 4.84. The highest BCUT2D eigenvalue weighted by Gasteiger charge is 2.23. The van der Waals surface area contributed by atoms with Gasteiger partial charge in [0.15, 0.2) is 0 Å². The van der Waals surface area contributed by atoms with Crippen LogP contribution in [0.3, 0.4) is 0 Å². The number of rotatable bonds is 12. The molecule has 0 saturated carbocycles. The first-order valence-corrected chi connectivity index (χ1v) is 9.68. The van der Waals surface area contributed by atoms with Gasteiger partial charge in [0, 0.05) is 33.4 Å². The van der Waals surface area contributed by atoms with Crippen LogP contribution in [0.4, 0.5) is 0 Å². The molecule has 0 radical (unpaired) electrons. The molecule has 146 valence electrons. The number of aliphatic hydroxyl groups is 1. The van der Waals surface area contributed by atoms with E-state index < -0.39 is 6.10 Å². The second kappa shape index (κ2) is 11.8. The minimum Gasteiger partial charge on any atom is -0.391 e. The van der Waals surface area contributed by atoms with Gasteiger partial charge in [0.05, 0.1) is 18.8 Å². The summed E-state index contributed by atoms with van der Waals surface area (Å²) in [5.74, 6) is 0. The van der Waals surface area contributed by atoms with Crippen molar-refractivity contribution in [1.82, 2.24) is 4.90 Å². The van der Waals surface area contributed by atoms with E-state index in [1.807, 2.05) is 6.08 Å². The topological polar surface area (TPSA) is 41.9 Å². The molecule has 4 nitrogen and oxygen atoms in total. The van der Waals surface area contributed by atoms with Crippen LogP contribution in [0.2, 0.25) is 0 Å². The second-order valence-corrected chi connectivity index (χ2v) is 8.09. The Bertz CT molecular complexity index is 400. The van der Waals surface area contributed by atoms with Crippen molar-refractivity contribution in [1.29, 1.82) is 0 Å². The first-order valence-electron chi connectivity index (χ1n) is 9.68. The van der Waals surface area contributed by atoms with E-state index in [9.17, 15) is 5.11 Å². The zero-order chi connectivity index (χ0) is 18.7. The molecule has 1 aliphatic rings. The van der Waals surface area contributed by atoms with Crippen molar-refractivity contribution in [3.8, 4) is 0 Å². The molecule has 0 amide bonds. The number of methoxy groups -OCH3 is 1. The van der Waals surface area contributed by atoms with Crippen molar-refractivity contribution >= 4 is 0 Å². The summed E-state index contributed by atoms with van der Waals surface area (Å²) < 4.78 is 11.0. The molecule has 0 fully saturated rings. The van der Waals surface area contributed by atoms with E-state index in [1.165, 1.54) is 5.57 Å². The SMILES string of the molecule is C=CCN(CCCOC)CCC(O)COC1CC=C(C(C)(C)C)CC1. The van der Waals surface area contributed by atoms with E-state index in [2.05, 4.69) is 38.3 Å². The third-order valence-corrected chi connectivity index (χ3v) is 4.84. The molecule has 0 saturated heterocycles. The number of allylic oxidation sites excluding steroid dienone is 1. The molecule has 0 spiro atoms. The van der Waals surface area contributed by atoms with E-state index in [1.54, 1.807) is 7.11 Å². The Morgan fingerprint density at radius 3 is 2.72 bits per heavy atom. The molecule has 0 aromatic carbocycles. The Kier molecular flexibility index (Phi) is 10.6. The fraction of sp³-hybridized carbons (Fsp3) is 0.810. The first-order chi connectivity index (χ1) is 11.9. The zero-order valence-corrected chi connectivity index (χ0v) is 16.8. The standard InChI is InChI=1S/C21H39NO3/c1-6-13-22(14-7-16-24-5)15-12-19(23)17-25-20-10-8-18(9-11-20)21(2,3)4/h6,8,19-20,23H,1,7,9-17H2,2-5H3. The van der Waals surface area contributed by atoms with Crippen molar-refractivity contribution in [2.24, 2.45) is 5.41 Å². The molecular formula is C21H39NO3. The van der Waals surface area contributed by atoms with Crippen LogP contribution in [0.5, 0.6) is 0 Å². The van der Waals surface area contributed by atoms with Crippen LogP contribution in [0.25, 0.3) is 0 Å². The van der Waals surface area contributed by atoms with E-state index >= 15 is 0 Å². The van der Waals surface area contributed by atoms with Gasteiger partial charge in [-0.2, -0.15) is 0 Å². The summed E-state index contributed by atoms with van der Waals surface area (Å²) in [4.78, 5) is 2.30. The average Bonchev–Trinajstić information content (AvgIpc) is 2.57. The smallest absolute Gasteiger partial charge is 0.0786 e. The molecule has 4 heteroatoms. The Morgan fingerprint density at radius 1 is 1.40 bits per heavy atom. The molecule has 0 aromatic heterocycles. The number of aliphatic hydroxyl groups excluding tert-OH is 1. The van der Waals surface area contributed by atoms with Crippen LogP contribution in [-0.2, 0) is 9.47 Å². The largest absolute Gasteiger partial charge is 0.391 e. The van der Waals surface area contributed by atoms with Gasteiger partial charge in [-0.05, 0) is 37.5 Å². The molecule has 0 aromatic rings. The van der Waals surface area contributed by atoms with Crippen LogP contribution in [0, 0.1) is 5.41 Å². The van der Waals surface area contributed by atoms with E-state index in [0.717, 1.165) is 58.3 Å². The average molecular weight is 354 g/mol. The molecule has 0 bridgehead atoms.